The van der Waals surface area contributed by atoms with Crippen LogP contribution in [0.4, 0.5) is 0 Å². The van der Waals surface area contributed by atoms with E-state index in [4.69, 9.17) is 3.69 Å². The predicted molar refractivity (Wildman–Crippen MR) is 27.4 cm³/mol. The van der Waals surface area contributed by atoms with Gasteiger partial charge in [0.15, 0.2) is 0 Å². The summed E-state index contributed by atoms with van der Waals surface area (Å²) < 4.78 is 22.7. The van der Waals surface area contributed by atoms with Crippen LogP contribution in [0.15, 0.2) is 0 Å². The molecule has 54 valence electrons. The van der Waals surface area contributed by atoms with Crippen LogP contribution in [-0.4, -0.2) is 35.8 Å². The summed E-state index contributed by atoms with van der Waals surface area (Å²) in [4.78, 5) is 1.89. The molecule has 9 heavy (non-hydrogen) atoms. The Balaban J connectivity index is 3.01. The van der Waals surface area contributed by atoms with Crippen LogP contribution in [0.25, 0.3) is 0 Å². The van der Waals surface area contributed by atoms with Gasteiger partial charge in [-0.1, -0.05) is 0 Å². The van der Waals surface area contributed by atoms with Gasteiger partial charge in [-0.25, -0.2) is 0 Å². The Morgan fingerprint density at radius 1 is 1.67 bits per heavy atom. The van der Waals surface area contributed by atoms with Crippen LogP contribution in [0.1, 0.15) is 0 Å². The molecule has 0 atom stereocenters. The Morgan fingerprint density at radius 3 is 2.56 bits per heavy atom. The van der Waals surface area contributed by atoms with E-state index in [1.807, 2.05) is 19.0 Å². The zero-order valence-electron chi connectivity index (χ0n) is 5.63. The molecule has 0 bridgehead atoms. The Labute approximate surface area is 61.5 Å². The van der Waals surface area contributed by atoms with Gasteiger partial charge >= 0.3 is 61.1 Å². The monoisotopic (exact) mass is 169 g/mol. The standard InChI is InChI=1S/C4H10NO.H2O.O.Ti/c1-5(2)3-4-6;;;/h3-4H2,1-2H3;1H2;;/q-1;;;+2/p-1. The Bertz CT molecular complexity index is 95.8. The molecule has 1 N–H and O–H groups in total. The average Bonchev–Trinajstić information content (AvgIpc) is 1.63. The SMILES string of the molecule is CN(C)CC[O][Ti](=[O])[OH]. The summed E-state index contributed by atoms with van der Waals surface area (Å²) in [5, 5.41) is 0. The molecule has 0 aromatic rings. The van der Waals surface area contributed by atoms with Gasteiger partial charge in [-0.15, -0.1) is 0 Å². The van der Waals surface area contributed by atoms with Crippen LogP contribution in [0.5, 0.6) is 0 Å². The van der Waals surface area contributed by atoms with Gasteiger partial charge in [-0.05, 0) is 0 Å². The summed E-state index contributed by atoms with van der Waals surface area (Å²) in [6.07, 6.45) is 0. The first-order valence-corrected chi connectivity index (χ1v) is 4.60. The maximum atomic E-state index is 9.99. The van der Waals surface area contributed by atoms with Crippen molar-refractivity contribution in [3.8, 4) is 0 Å². The molecule has 0 unspecified atom stereocenters. The molecule has 5 heteroatoms. The number of nitrogens with zero attached hydrogens (tertiary/aromatic N) is 1. The molecule has 0 fully saturated rings. The fourth-order valence-corrected chi connectivity index (χ4v) is 0.731. The van der Waals surface area contributed by atoms with Crippen molar-refractivity contribution in [3.63, 3.8) is 0 Å². The second kappa shape index (κ2) is 5.20. The number of rotatable bonds is 4. The van der Waals surface area contributed by atoms with Crippen molar-refractivity contribution in [2.24, 2.45) is 0 Å². The summed E-state index contributed by atoms with van der Waals surface area (Å²) in [6.45, 7) is 1.04. The van der Waals surface area contributed by atoms with Gasteiger partial charge in [0, 0.05) is 0 Å². The van der Waals surface area contributed by atoms with Gasteiger partial charge < -0.3 is 0 Å². The third kappa shape index (κ3) is 8.39. The van der Waals surface area contributed by atoms with Crippen molar-refractivity contribution in [1.29, 1.82) is 0 Å². The Morgan fingerprint density at radius 2 is 2.22 bits per heavy atom. The summed E-state index contributed by atoms with van der Waals surface area (Å²) in [6, 6.07) is 0. The summed E-state index contributed by atoms with van der Waals surface area (Å²) in [5.74, 6) is 0. The molecule has 0 spiro atoms. The molecule has 4 nitrogen and oxygen atoms in total. The normalized spacial score (nSPS) is 10.2. The van der Waals surface area contributed by atoms with Crippen molar-refractivity contribution in [3.05, 3.63) is 0 Å². The van der Waals surface area contributed by atoms with Crippen LogP contribution in [0, 0.1) is 0 Å². The third-order valence-corrected chi connectivity index (χ3v) is 1.47. The summed E-state index contributed by atoms with van der Waals surface area (Å²) in [7, 11) is 3.76. The molecule has 0 heterocycles. The van der Waals surface area contributed by atoms with E-state index >= 15 is 0 Å². The summed E-state index contributed by atoms with van der Waals surface area (Å²) >= 11 is -3.23. The quantitative estimate of drug-likeness (QED) is 0.568. The number of hydrogen-bond donors (Lipinski definition) is 1. The Kier molecular flexibility index (Phi) is 5.43. The van der Waals surface area contributed by atoms with Gasteiger partial charge in [0.1, 0.15) is 0 Å². The van der Waals surface area contributed by atoms with Crippen LogP contribution >= 0.6 is 0 Å². The Hall–Kier alpha value is 0.394. The molecular weight excluding hydrogens is 158 g/mol. The fourth-order valence-electron chi connectivity index (χ4n) is 0.316. The molecule has 0 aromatic carbocycles. The second-order valence-electron chi connectivity index (χ2n) is 1.92. The van der Waals surface area contributed by atoms with Crippen molar-refractivity contribution < 1.29 is 28.9 Å². The van der Waals surface area contributed by atoms with Crippen molar-refractivity contribution in [1.82, 2.24) is 4.90 Å². The van der Waals surface area contributed by atoms with E-state index in [0.29, 0.717) is 13.2 Å². The van der Waals surface area contributed by atoms with E-state index < -0.39 is 18.6 Å². The molecule has 0 amide bonds. The van der Waals surface area contributed by atoms with Crippen LogP contribution in [0.2, 0.25) is 0 Å². The van der Waals surface area contributed by atoms with Gasteiger partial charge in [0.25, 0.3) is 0 Å². The fraction of sp³-hybridized carbons (Fsp3) is 1.00. The predicted octanol–water partition coefficient (Wildman–Crippen LogP) is -0.649. The minimum atomic E-state index is -3.23. The molecule has 0 rings (SSSR count). The zero-order chi connectivity index (χ0) is 7.28. The first-order chi connectivity index (χ1) is 4.13. The average molecular weight is 169 g/mol. The second-order valence-corrected chi connectivity index (χ2v) is 3.20. The van der Waals surface area contributed by atoms with Gasteiger partial charge in [0.05, 0.1) is 0 Å². The molecule has 0 aliphatic rings. The first kappa shape index (κ1) is 9.39. The molecule has 0 saturated heterocycles. The van der Waals surface area contributed by atoms with Gasteiger partial charge in [0.2, 0.25) is 0 Å². The van der Waals surface area contributed by atoms with Crippen molar-refractivity contribution in [2.75, 3.05) is 27.2 Å². The van der Waals surface area contributed by atoms with E-state index in [9.17, 15) is 3.32 Å². The first-order valence-electron chi connectivity index (χ1n) is 2.63. The summed E-state index contributed by atoms with van der Waals surface area (Å²) in [5.41, 5.74) is 0. The molecule has 0 saturated carbocycles. The van der Waals surface area contributed by atoms with Crippen LogP contribution in [0.3, 0.4) is 0 Å². The third-order valence-electron chi connectivity index (χ3n) is 0.764. The number of likely N-dealkylation sites (N-methyl/N-ethyl adjacent to an activating group) is 1. The van der Waals surface area contributed by atoms with Crippen molar-refractivity contribution >= 4 is 0 Å². The van der Waals surface area contributed by atoms with Gasteiger partial charge in [-0.3, -0.25) is 0 Å². The molecule has 0 radical (unpaired) electrons. The van der Waals surface area contributed by atoms with Crippen molar-refractivity contribution in [2.45, 2.75) is 0 Å². The van der Waals surface area contributed by atoms with Gasteiger partial charge in [-0.2, -0.15) is 0 Å². The van der Waals surface area contributed by atoms with Crippen LogP contribution in [-0.2, 0) is 25.3 Å². The molecule has 0 aliphatic heterocycles. The van der Waals surface area contributed by atoms with E-state index in [0.717, 1.165) is 0 Å². The maximum absolute atomic E-state index is 9.99. The van der Waals surface area contributed by atoms with Crippen LogP contribution < -0.4 is 0 Å². The molecule has 0 aliphatic carbocycles. The number of hydrogen-bond acceptors (Lipinski definition) is 3. The van der Waals surface area contributed by atoms with E-state index in [2.05, 4.69) is 3.32 Å². The molecule has 0 aromatic heterocycles. The topological polar surface area (TPSA) is 49.8 Å². The van der Waals surface area contributed by atoms with E-state index in [-0.39, 0.29) is 0 Å². The van der Waals surface area contributed by atoms with E-state index in [1.54, 1.807) is 0 Å². The molecular formula is C4H11NO3Ti. The van der Waals surface area contributed by atoms with E-state index in [1.165, 1.54) is 0 Å². The zero-order valence-corrected chi connectivity index (χ0v) is 7.19. The minimum absolute atomic E-state index is 0.350.